The second-order valence-electron chi connectivity index (χ2n) is 6.08. The van der Waals surface area contributed by atoms with Crippen molar-refractivity contribution < 1.29 is 9.90 Å². The van der Waals surface area contributed by atoms with Gasteiger partial charge in [0.15, 0.2) is 0 Å². The van der Waals surface area contributed by atoms with Crippen molar-refractivity contribution in [1.29, 1.82) is 0 Å². The van der Waals surface area contributed by atoms with E-state index in [4.69, 9.17) is 0 Å². The van der Waals surface area contributed by atoms with Gasteiger partial charge in [-0.2, -0.15) is 0 Å². The van der Waals surface area contributed by atoms with Crippen LogP contribution in [-0.4, -0.2) is 44.6 Å². The molecule has 5 nitrogen and oxygen atoms in total. The van der Waals surface area contributed by atoms with Gasteiger partial charge in [0.25, 0.3) is 0 Å². The van der Waals surface area contributed by atoms with Crippen LogP contribution < -0.4 is 0 Å². The molecule has 0 saturated carbocycles. The average Bonchev–Trinajstić information content (AvgIpc) is 2.87. The number of fused-ring (bicyclic) bond motifs is 1. The van der Waals surface area contributed by atoms with Gasteiger partial charge in [-0.15, -0.1) is 0 Å². The minimum atomic E-state index is -0.616. The Kier molecular flexibility index (Phi) is 3.68. The van der Waals surface area contributed by atoms with Gasteiger partial charge >= 0.3 is 0 Å². The highest BCUT2D eigenvalue weighted by atomic mass is 16.3. The van der Waals surface area contributed by atoms with Crippen LogP contribution in [0.5, 0.6) is 0 Å². The monoisotopic (exact) mass is 287 g/mol. The lowest BCUT2D eigenvalue weighted by Crippen LogP contribution is -2.45. The number of nitrogens with zero attached hydrogens (tertiary/aromatic N) is 2. The predicted molar refractivity (Wildman–Crippen MR) is 80.9 cm³/mol. The number of amides is 1. The summed E-state index contributed by atoms with van der Waals surface area (Å²) in [7, 11) is 0. The molecule has 0 spiro atoms. The van der Waals surface area contributed by atoms with E-state index in [-0.39, 0.29) is 5.91 Å². The molecule has 1 aromatic heterocycles. The number of piperidine rings is 1. The molecule has 1 saturated heterocycles. The van der Waals surface area contributed by atoms with E-state index in [0.717, 1.165) is 16.9 Å². The maximum atomic E-state index is 12.2. The first-order valence-corrected chi connectivity index (χ1v) is 7.47. The van der Waals surface area contributed by atoms with E-state index >= 15 is 0 Å². The Morgan fingerprint density at radius 3 is 2.81 bits per heavy atom. The molecule has 5 heteroatoms. The summed E-state index contributed by atoms with van der Waals surface area (Å²) in [4.78, 5) is 21.8. The molecule has 2 heterocycles. The number of hydrogen-bond donors (Lipinski definition) is 2. The van der Waals surface area contributed by atoms with Gasteiger partial charge < -0.3 is 15.0 Å². The minimum absolute atomic E-state index is 0.144. The van der Waals surface area contributed by atoms with Crippen LogP contribution in [0.15, 0.2) is 24.3 Å². The smallest absolute Gasteiger partial charge is 0.223 e. The van der Waals surface area contributed by atoms with E-state index < -0.39 is 5.60 Å². The topological polar surface area (TPSA) is 69.2 Å². The first-order chi connectivity index (χ1) is 10.0. The number of likely N-dealkylation sites (tertiary alicyclic amines) is 1. The first-order valence-electron chi connectivity index (χ1n) is 7.47. The molecular weight excluding hydrogens is 266 g/mol. The Labute approximate surface area is 124 Å². The number of aliphatic hydroxyl groups is 1. The molecule has 1 amide bonds. The Morgan fingerprint density at radius 2 is 2.10 bits per heavy atom. The van der Waals surface area contributed by atoms with Crippen LogP contribution >= 0.6 is 0 Å². The number of nitrogens with one attached hydrogen (secondary N) is 1. The molecule has 0 radical (unpaired) electrons. The highest BCUT2D eigenvalue weighted by molar-refractivity contribution is 5.77. The number of rotatable bonds is 3. The summed E-state index contributed by atoms with van der Waals surface area (Å²) in [5, 5.41) is 9.91. The van der Waals surface area contributed by atoms with Gasteiger partial charge in [0.2, 0.25) is 5.91 Å². The summed E-state index contributed by atoms with van der Waals surface area (Å²) in [5.74, 6) is 1.000. The third-order valence-electron chi connectivity index (χ3n) is 4.21. The SMILES string of the molecule is CC1(O)CCN(C(=O)CCc2nc3ccccc3[nH]2)CC1. The minimum Gasteiger partial charge on any atom is -0.390 e. The van der Waals surface area contributed by atoms with E-state index in [1.807, 2.05) is 36.1 Å². The third kappa shape index (κ3) is 3.24. The van der Waals surface area contributed by atoms with Gasteiger partial charge in [0.05, 0.1) is 16.6 Å². The van der Waals surface area contributed by atoms with Gasteiger partial charge in [0, 0.05) is 25.9 Å². The second-order valence-corrected chi connectivity index (χ2v) is 6.08. The van der Waals surface area contributed by atoms with Crippen molar-refractivity contribution in [2.24, 2.45) is 0 Å². The number of para-hydroxylation sites is 2. The van der Waals surface area contributed by atoms with Crippen molar-refractivity contribution in [2.75, 3.05) is 13.1 Å². The van der Waals surface area contributed by atoms with Crippen molar-refractivity contribution in [3.8, 4) is 0 Å². The molecule has 2 aromatic rings. The molecule has 1 aromatic carbocycles. The van der Waals surface area contributed by atoms with Crippen molar-refractivity contribution in [2.45, 2.75) is 38.2 Å². The molecule has 1 aliphatic heterocycles. The third-order valence-corrected chi connectivity index (χ3v) is 4.21. The maximum Gasteiger partial charge on any atom is 0.223 e. The van der Waals surface area contributed by atoms with E-state index in [2.05, 4.69) is 9.97 Å². The molecule has 112 valence electrons. The molecule has 0 aliphatic carbocycles. The van der Waals surface area contributed by atoms with Gasteiger partial charge in [0.1, 0.15) is 5.82 Å². The lowest BCUT2D eigenvalue weighted by atomic mass is 9.93. The highest BCUT2D eigenvalue weighted by Gasteiger charge is 2.29. The zero-order valence-electron chi connectivity index (χ0n) is 12.3. The van der Waals surface area contributed by atoms with Crippen LogP contribution in [0.2, 0.25) is 0 Å². The molecule has 3 rings (SSSR count). The summed E-state index contributed by atoms with van der Waals surface area (Å²) in [6.07, 6.45) is 2.40. The Bertz CT molecular complexity index is 605. The summed E-state index contributed by atoms with van der Waals surface area (Å²) < 4.78 is 0. The standard InChI is InChI=1S/C16H21N3O2/c1-16(21)8-10-19(11-9-16)15(20)7-6-14-17-12-4-2-3-5-13(12)18-14/h2-5,21H,6-11H2,1H3,(H,17,18). The van der Waals surface area contributed by atoms with Crippen molar-refractivity contribution >= 4 is 16.9 Å². The maximum absolute atomic E-state index is 12.2. The van der Waals surface area contributed by atoms with E-state index in [1.165, 1.54) is 0 Å². The molecule has 0 bridgehead atoms. The fourth-order valence-electron chi connectivity index (χ4n) is 2.75. The van der Waals surface area contributed by atoms with Crippen LogP contribution in [0.1, 0.15) is 32.0 Å². The summed E-state index contributed by atoms with van der Waals surface area (Å²) in [6.45, 7) is 3.13. The Morgan fingerprint density at radius 1 is 1.38 bits per heavy atom. The number of aryl methyl sites for hydroxylation is 1. The molecule has 1 aliphatic rings. The van der Waals surface area contributed by atoms with Crippen molar-refractivity contribution in [1.82, 2.24) is 14.9 Å². The Hall–Kier alpha value is -1.88. The number of H-pyrrole nitrogens is 1. The molecular formula is C16H21N3O2. The van der Waals surface area contributed by atoms with Gasteiger partial charge in [-0.25, -0.2) is 4.98 Å². The van der Waals surface area contributed by atoms with Crippen LogP contribution in [0, 0.1) is 0 Å². The van der Waals surface area contributed by atoms with Gasteiger partial charge in [-0.05, 0) is 31.9 Å². The molecule has 0 atom stereocenters. The fraction of sp³-hybridized carbons (Fsp3) is 0.500. The Balaban J connectivity index is 1.56. The van der Waals surface area contributed by atoms with Gasteiger partial charge in [-0.3, -0.25) is 4.79 Å². The van der Waals surface area contributed by atoms with Crippen LogP contribution in [0.3, 0.4) is 0 Å². The lowest BCUT2D eigenvalue weighted by molar-refractivity contribution is -0.134. The second kappa shape index (κ2) is 5.48. The van der Waals surface area contributed by atoms with E-state index in [0.29, 0.717) is 38.8 Å². The van der Waals surface area contributed by atoms with Crippen molar-refractivity contribution in [3.63, 3.8) is 0 Å². The summed E-state index contributed by atoms with van der Waals surface area (Å²) in [6, 6.07) is 7.87. The molecule has 0 unspecified atom stereocenters. The molecule has 1 fully saturated rings. The van der Waals surface area contributed by atoms with E-state index in [9.17, 15) is 9.90 Å². The normalized spacial score (nSPS) is 18.1. The average molecular weight is 287 g/mol. The number of benzene rings is 1. The molecule has 2 N–H and O–H groups in total. The number of aromatic nitrogens is 2. The van der Waals surface area contributed by atoms with Gasteiger partial charge in [-0.1, -0.05) is 12.1 Å². The summed E-state index contributed by atoms with van der Waals surface area (Å²) >= 11 is 0. The van der Waals surface area contributed by atoms with E-state index in [1.54, 1.807) is 0 Å². The quantitative estimate of drug-likeness (QED) is 0.905. The largest absolute Gasteiger partial charge is 0.390 e. The lowest BCUT2D eigenvalue weighted by Gasteiger charge is -2.35. The molecule has 21 heavy (non-hydrogen) atoms. The fourth-order valence-corrected chi connectivity index (χ4v) is 2.75. The van der Waals surface area contributed by atoms with Crippen LogP contribution in [0.25, 0.3) is 11.0 Å². The predicted octanol–water partition coefficient (Wildman–Crippen LogP) is 1.87. The highest BCUT2D eigenvalue weighted by Crippen LogP contribution is 2.21. The first kappa shape index (κ1) is 14.1. The number of carbonyl (C=O) groups excluding carboxylic acids is 1. The number of carbonyl (C=O) groups is 1. The zero-order valence-corrected chi connectivity index (χ0v) is 12.3. The van der Waals surface area contributed by atoms with Crippen LogP contribution in [-0.2, 0) is 11.2 Å². The van der Waals surface area contributed by atoms with Crippen molar-refractivity contribution in [3.05, 3.63) is 30.1 Å². The summed E-state index contributed by atoms with van der Waals surface area (Å²) in [5.41, 5.74) is 1.33. The number of aromatic amines is 1. The number of hydrogen-bond acceptors (Lipinski definition) is 3. The zero-order chi connectivity index (χ0) is 14.9. The van der Waals surface area contributed by atoms with Crippen LogP contribution in [0.4, 0.5) is 0 Å². The number of imidazole rings is 1.